The van der Waals surface area contributed by atoms with Crippen molar-refractivity contribution >= 4 is 17.5 Å². The molecule has 0 aromatic heterocycles. The average molecular weight is 478 g/mol. The smallest absolute Gasteiger partial charge is 0.222 e. The van der Waals surface area contributed by atoms with Gasteiger partial charge in [0.25, 0.3) is 0 Å². The van der Waals surface area contributed by atoms with Crippen molar-refractivity contribution in [3.63, 3.8) is 0 Å². The van der Waals surface area contributed by atoms with Gasteiger partial charge < -0.3 is 30.1 Å². The van der Waals surface area contributed by atoms with E-state index >= 15 is 0 Å². The number of hydrogen-bond acceptors (Lipinski definition) is 6. The van der Waals surface area contributed by atoms with Crippen molar-refractivity contribution in [1.29, 1.82) is 0 Å². The van der Waals surface area contributed by atoms with Crippen LogP contribution in [0.1, 0.15) is 55.9 Å². The number of aliphatic hydroxyl groups excluding tert-OH is 3. The Kier molecular flexibility index (Phi) is 9.11. The minimum absolute atomic E-state index is 0.282. The van der Waals surface area contributed by atoms with Crippen molar-refractivity contribution in [1.82, 2.24) is 5.32 Å². The lowest BCUT2D eigenvalue weighted by atomic mass is 9.91. The second-order valence-corrected chi connectivity index (χ2v) is 8.63. The minimum atomic E-state index is -1.48. The lowest BCUT2D eigenvalue weighted by Gasteiger charge is -2.41. The molecule has 1 aliphatic heterocycles. The Balaban J connectivity index is 1.78. The Bertz CT molecular complexity index is 922. The molecule has 0 radical (unpaired) electrons. The largest absolute Gasteiger partial charge is 0.494 e. The molecule has 8 heteroatoms. The summed E-state index contributed by atoms with van der Waals surface area (Å²) in [5.74, 6) is 0.509. The number of amides is 1. The normalized spacial score (nSPS) is 25.0. The third-order valence-corrected chi connectivity index (χ3v) is 6.07. The van der Waals surface area contributed by atoms with Gasteiger partial charge in [0, 0.05) is 11.4 Å². The number of rotatable bonds is 9. The molecule has 2 aromatic carbocycles. The van der Waals surface area contributed by atoms with Crippen LogP contribution in [-0.4, -0.2) is 52.4 Å². The molecular formula is C25H32ClNO6. The molecular weight excluding hydrogens is 446 g/mol. The highest BCUT2D eigenvalue weighted by atomic mass is 35.5. The van der Waals surface area contributed by atoms with Crippen LogP contribution in [-0.2, 0) is 16.0 Å². The van der Waals surface area contributed by atoms with Crippen molar-refractivity contribution in [2.45, 2.75) is 70.2 Å². The molecule has 7 nitrogen and oxygen atoms in total. The summed E-state index contributed by atoms with van der Waals surface area (Å²) < 4.78 is 11.3. The van der Waals surface area contributed by atoms with Crippen LogP contribution < -0.4 is 10.1 Å². The zero-order valence-corrected chi connectivity index (χ0v) is 19.7. The van der Waals surface area contributed by atoms with Crippen LogP contribution in [0.3, 0.4) is 0 Å². The van der Waals surface area contributed by atoms with Crippen LogP contribution in [0, 0.1) is 0 Å². The van der Waals surface area contributed by atoms with E-state index in [2.05, 4.69) is 5.32 Å². The monoisotopic (exact) mass is 477 g/mol. The molecule has 0 aliphatic carbocycles. The summed E-state index contributed by atoms with van der Waals surface area (Å²) in [5.41, 5.74) is 2.43. The number of carbonyl (C=O) groups excluding carboxylic acids is 1. The summed E-state index contributed by atoms with van der Waals surface area (Å²) in [4.78, 5) is 12.1. The van der Waals surface area contributed by atoms with Crippen molar-refractivity contribution in [3.05, 3.63) is 64.2 Å². The molecule has 1 amide bonds. The maximum atomic E-state index is 12.1. The van der Waals surface area contributed by atoms with Gasteiger partial charge in [-0.15, -0.1) is 0 Å². The van der Waals surface area contributed by atoms with Gasteiger partial charge in [0.1, 0.15) is 30.2 Å². The Morgan fingerprint density at radius 2 is 1.79 bits per heavy atom. The summed E-state index contributed by atoms with van der Waals surface area (Å²) >= 11 is 6.43. The molecule has 0 bridgehead atoms. The molecule has 1 aliphatic rings. The first-order valence-electron chi connectivity index (χ1n) is 11.3. The van der Waals surface area contributed by atoms with E-state index in [1.807, 2.05) is 44.2 Å². The third kappa shape index (κ3) is 6.46. The van der Waals surface area contributed by atoms with E-state index < -0.39 is 30.6 Å². The van der Waals surface area contributed by atoms with Gasteiger partial charge in [-0.3, -0.25) is 4.79 Å². The predicted molar refractivity (Wildman–Crippen MR) is 125 cm³/mol. The number of nitrogens with one attached hydrogen (secondary N) is 1. The molecule has 5 unspecified atom stereocenters. The number of ether oxygens (including phenoxy) is 2. The van der Waals surface area contributed by atoms with E-state index in [0.717, 1.165) is 23.3 Å². The number of hydrogen-bond donors (Lipinski definition) is 4. The number of benzene rings is 2. The van der Waals surface area contributed by atoms with Crippen LogP contribution in [0.15, 0.2) is 42.5 Å². The van der Waals surface area contributed by atoms with E-state index in [0.29, 0.717) is 36.5 Å². The summed E-state index contributed by atoms with van der Waals surface area (Å²) in [6.07, 6.45) is -3.99. The van der Waals surface area contributed by atoms with E-state index in [1.165, 1.54) is 0 Å². The highest BCUT2D eigenvalue weighted by Gasteiger charge is 2.44. The van der Waals surface area contributed by atoms with Crippen LogP contribution in [0.25, 0.3) is 0 Å². The van der Waals surface area contributed by atoms with Gasteiger partial charge in [-0.25, -0.2) is 0 Å². The van der Waals surface area contributed by atoms with Crippen molar-refractivity contribution in [2.75, 3.05) is 6.61 Å². The van der Waals surface area contributed by atoms with Crippen molar-refractivity contribution < 1.29 is 29.6 Å². The van der Waals surface area contributed by atoms with Gasteiger partial charge in [-0.1, -0.05) is 49.2 Å². The zero-order valence-electron chi connectivity index (χ0n) is 18.9. The van der Waals surface area contributed by atoms with Crippen LogP contribution >= 0.6 is 11.6 Å². The fourth-order valence-electron chi connectivity index (χ4n) is 3.84. The number of aliphatic hydroxyl groups is 3. The molecule has 4 N–H and O–H groups in total. The third-order valence-electron chi connectivity index (χ3n) is 5.70. The lowest BCUT2D eigenvalue weighted by Crippen LogP contribution is -2.59. The minimum Gasteiger partial charge on any atom is -0.494 e. The summed E-state index contributed by atoms with van der Waals surface area (Å²) in [5, 5.41) is 34.5. The molecule has 1 heterocycles. The van der Waals surface area contributed by atoms with E-state index in [4.69, 9.17) is 21.1 Å². The molecule has 0 saturated carbocycles. The van der Waals surface area contributed by atoms with E-state index in [9.17, 15) is 20.1 Å². The van der Waals surface area contributed by atoms with Crippen LogP contribution in [0.5, 0.6) is 5.75 Å². The summed E-state index contributed by atoms with van der Waals surface area (Å²) in [6.45, 7) is 4.50. The summed E-state index contributed by atoms with van der Waals surface area (Å²) in [6, 6.07) is 12.9. The molecule has 3 rings (SSSR count). The number of unbranched alkanes of at least 4 members (excludes halogenated alkanes) is 1. The highest BCUT2D eigenvalue weighted by molar-refractivity contribution is 6.31. The Hall–Kier alpha value is -2.16. The quantitative estimate of drug-likeness (QED) is 0.442. The van der Waals surface area contributed by atoms with Crippen molar-refractivity contribution in [3.8, 4) is 5.75 Å². The number of carbonyl (C=O) groups is 1. The Labute approximate surface area is 199 Å². The van der Waals surface area contributed by atoms with Gasteiger partial charge >= 0.3 is 0 Å². The zero-order chi connectivity index (χ0) is 24.0. The second kappa shape index (κ2) is 11.8. The van der Waals surface area contributed by atoms with E-state index in [-0.39, 0.29) is 5.91 Å². The molecule has 1 saturated heterocycles. The lowest BCUT2D eigenvalue weighted by molar-refractivity contribution is -0.232. The Morgan fingerprint density at radius 1 is 1.06 bits per heavy atom. The predicted octanol–water partition coefficient (Wildman–Crippen LogP) is 3.12. The fourth-order valence-corrected chi connectivity index (χ4v) is 4.02. The summed E-state index contributed by atoms with van der Waals surface area (Å²) in [7, 11) is 0. The van der Waals surface area contributed by atoms with Crippen molar-refractivity contribution in [2.24, 2.45) is 0 Å². The number of halogens is 1. The van der Waals surface area contributed by atoms with Gasteiger partial charge in [0.2, 0.25) is 5.91 Å². The topological polar surface area (TPSA) is 108 Å². The van der Waals surface area contributed by atoms with E-state index in [1.54, 1.807) is 12.1 Å². The second-order valence-electron chi connectivity index (χ2n) is 8.22. The van der Waals surface area contributed by atoms with Crippen LogP contribution in [0.2, 0.25) is 5.02 Å². The molecule has 5 atom stereocenters. The van der Waals surface area contributed by atoms with Crippen LogP contribution in [0.4, 0.5) is 0 Å². The van der Waals surface area contributed by atoms with Gasteiger partial charge in [-0.2, -0.15) is 0 Å². The highest BCUT2D eigenvalue weighted by Crippen LogP contribution is 2.34. The Morgan fingerprint density at radius 3 is 2.45 bits per heavy atom. The van der Waals surface area contributed by atoms with Gasteiger partial charge in [0.05, 0.1) is 6.61 Å². The maximum Gasteiger partial charge on any atom is 0.222 e. The van der Waals surface area contributed by atoms with Gasteiger partial charge in [0.15, 0.2) is 6.23 Å². The molecule has 0 spiro atoms. The molecule has 33 heavy (non-hydrogen) atoms. The molecule has 2 aromatic rings. The first-order valence-corrected chi connectivity index (χ1v) is 11.7. The SMILES string of the molecule is CCCCC(=O)NC1OC(c2ccc(Cl)c(Cc3ccc(OCC)cc3)c2)C(O)C(O)C1O. The molecule has 1 fully saturated rings. The van der Waals surface area contributed by atoms with Gasteiger partial charge in [-0.05, 0) is 54.7 Å². The first-order chi connectivity index (χ1) is 15.8. The maximum absolute atomic E-state index is 12.1. The average Bonchev–Trinajstić information content (AvgIpc) is 2.81. The standard InChI is InChI=1S/C25H32ClNO6/c1-3-5-6-20(28)27-25-23(31)21(29)22(30)24(33-25)16-9-12-19(26)17(14-16)13-15-7-10-18(11-8-15)32-4-2/h7-12,14,21-25,29-31H,3-6,13H2,1-2H3,(H,27,28). The molecule has 180 valence electrons. The fraction of sp³-hybridized carbons (Fsp3) is 0.480. The first kappa shape index (κ1) is 25.5.